The van der Waals surface area contributed by atoms with Gasteiger partial charge in [0, 0.05) is 12.4 Å². The van der Waals surface area contributed by atoms with Crippen LogP contribution in [0.4, 0.5) is 0 Å². The summed E-state index contributed by atoms with van der Waals surface area (Å²) in [6, 6.07) is 9.16. The zero-order chi connectivity index (χ0) is 21.2. The van der Waals surface area contributed by atoms with Crippen LogP contribution in [0.2, 0.25) is 37.3 Å². The van der Waals surface area contributed by atoms with Crippen LogP contribution >= 0.6 is 0 Å². The number of rotatable bonds is 5. The monoisotopic (exact) mass is 436 g/mol. The van der Waals surface area contributed by atoms with Crippen LogP contribution in [0.3, 0.4) is 0 Å². The van der Waals surface area contributed by atoms with E-state index in [1.54, 1.807) is 0 Å². The van der Waals surface area contributed by atoms with E-state index < -0.39 is 16.1 Å². The molecule has 0 amide bonds. The van der Waals surface area contributed by atoms with Gasteiger partial charge in [-0.1, -0.05) is 103 Å². The number of hydrogen-bond acceptors (Lipinski definition) is 2. The minimum atomic E-state index is -1.43. The van der Waals surface area contributed by atoms with Gasteiger partial charge in [-0.05, 0) is 33.6 Å². The predicted octanol–water partition coefficient (Wildman–Crippen LogP) is 6.64. The smallest absolute Gasteiger partial charge is 0.0885 e. The Morgan fingerprint density at radius 3 is 1.23 bits per heavy atom. The van der Waals surface area contributed by atoms with Crippen LogP contribution in [-0.2, 0) is 0 Å². The lowest BCUT2D eigenvalue weighted by Gasteiger charge is -2.35. The number of nitrogens with zero attached hydrogens (tertiary/aromatic N) is 2. The highest BCUT2D eigenvalue weighted by atomic mass is 28.3. The summed E-state index contributed by atoms with van der Waals surface area (Å²) in [6.45, 7) is 10.2. The van der Waals surface area contributed by atoms with Gasteiger partial charge in [-0.25, -0.2) is 0 Å². The van der Waals surface area contributed by atoms with Gasteiger partial charge < -0.3 is 0 Å². The fourth-order valence-electron chi connectivity index (χ4n) is 5.97. The molecule has 2 aliphatic rings. The minimum absolute atomic E-state index is 0.920. The third-order valence-corrected chi connectivity index (χ3v) is 17.3. The van der Waals surface area contributed by atoms with Crippen molar-refractivity contribution in [2.75, 3.05) is 0 Å². The molecule has 0 bridgehead atoms. The standard InChI is InChI=1S/C26H40N2Si2/c1-29(2,21-11-7-5-8-12-21)23-15-17-25(27-19-23)26-18-16-24(20-28-26)30(3,4)22-13-9-6-10-14-22/h15-22H,5-14H2,1-4H3. The highest BCUT2D eigenvalue weighted by molar-refractivity contribution is 6.91. The quantitative estimate of drug-likeness (QED) is 0.491. The first kappa shape index (κ1) is 21.9. The summed E-state index contributed by atoms with van der Waals surface area (Å²) in [5.41, 5.74) is 3.89. The summed E-state index contributed by atoms with van der Waals surface area (Å²) >= 11 is 0. The van der Waals surface area contributed by atoms with Crippen molar-refractivity contribution in [1.29, 1.82) is 0 Å². The Labute approximate surface area is 186 Å². The summed E-state index contributed by atoms with van der Waals surface area (Å²) in [7, 11) is -2.87. The summed E-state index contributed by atoms with van der Waals surface area (Å²) in [5.74, 6) is 0. The molecule has 0 aromatic carbocycles. The number of aromatic nitrogens is 2. The summed E-state index contributed by atoms with van der Waals surface area (Å²) in [4.78, 5) is 9.75. The molecule has 2 aromatic heterocycles. The zero-order valence-corrected chi connectivity index (χ0v) is 21.6. The Morgan fingerprint density at radius 2 is 0.933 bits per heavy atom. The van der Waals surface area contributed by atoms with Gasteiger partial charge in [0.25, 0.3) is 0 Å². The molecule has 0 saturated heterocycles. The second kappa shape index (κ2) is 9.08. The van der Waals surface area contributed by atoms with E-state index >= 15 is 0 Å². The van der Waals surface area contributed by atoms with Gasteiger partial charge >= 0.3 is 0 Å². The van der Waals surface area contributed by atoms with Crippen molar-refractivity contribution in [2.24, 2.45) is 0 Å². The maximum absolute atomic E-state index is 4.88. The van der Waals surface area contributed by atoms with E-state index in [9.17, 15) is 0 Å². The second-order valence-electron chi connectivity index (χ2n) is 11.0. The molecule has 162 valence electrons. The second-order valence-corrected chi connectivity index (χ2v) is 20.7. The van der Waals surface area contributed by atoms with Crippen LogP contribution in [0, 0.1) is 0 Å². The van der Waals surface area contributed by atoms with Crippen molar-refractivity contribution in [3.8, 4) is 11.4 Å². The molecule has 4 heteroatoms. The first-order valence-corrected chi connectivity index (χ1v) is 18.5. The first-order chi connectivity index (χ1) is 14.4. The van der Waals surface area contributed by atoms with E-state index in [0.717, 1.165) is 22.5 Å². The molecule has 2 aromatic rings. The Morgan fingerprint density at radius 1 is 0.567 bits per heavy atom. The van der Waals surface area contributed by atoms with Gasteiger partial charge in [0.1, 0.15) is 0 Å². The Bertz CT molecular complexity index is 744. The van der Waals surface area contributed by atoms with Crippen molar-refractivity contribution in [2.45, 2.75) is 101 Å². The average Bonchev–Trinajstić information content (AvgIpc) is 2.80. The molecular weight excluding hydrogens is 396 g/mol. The van der Waals surface area contributed by atoms with Gasteiger partial charge in [0.2, 0.25) is 0 Å². The van der Waals surface area contributed by atoms with E-state index in [-0.39, 0.29) is 0 Å². The van der Waals surface area contributed by atoms with E-state index in [2.05, 4.69) is 62.8 Å². The molecule has 0 spiro atoms. The molecule has 4 rings (SSSR count). The molecule has 0 aliphatic heterocycles. The van der Waals surface area contributed by atoms with E-state index in [1.807, 2.05) is 0 Å². The molecule has 0 unspecified atom stereocenters. The number of hydrogen-bond donors (Lipinski definition) is 0. The van der Waals surface area contributed by atoms with Gasteiger partial charge in [-0.3, -0.25) is 9.97 Å². The van der Waals surface area contributed by atoms with Crippen molar-refractivity contribution in [3.05, 3.63) is 36.7 Å². The summed E-state index contributed by atoms with van der Waals surface area (Å²) < 4.78 is 0. The van der Waals surface area contributed by atoms with Crippen LogP contribution in [0.1, 0.15) is 64.2 Å². The predicted molar refractivity (Wildman–Crippen MR) is 135 cm³/mol. The minimum Gasteiger partial charge on any atom is -0.255 e. The molecule has 2 saturated carbocycles. The van der Waals surface area contributed by atoms with Crippen LogP contribution in [0.25, 0.3) is 11.4 Å². The molecule has 0 radical (unpaired) electrons. The maximum Gasteiger partial charge on any atom is 0.0885 e. The molecule has 30 heavy (non-hydrogen) atoms. The SMILES string of the molecule is C[Si](C)(c1ccc(-c2ccc([Si](C)(C)C3CCCCC3)cn2)nc1)C1CCCCC1. The Hall–Kier alpha value is -1.27. The highest BCUT2D eigenvalue weighted by Crippen LogP contribution is 2.37. The van der Waals surface area contributed by atoms with Crippen molar-refractivity contribution in [3.63, 3.8) is 0 Å². The van der Waals surface area contributed by atoms with Crippen LogP contribution in [0.5, 0.6) is 0 Å². The lowest BCUT2D eigenvalue weighted by Crippen LogP contribution is -2.47. The Kier molecular flexibility index (Phi) is 6.64. The zero-order valence-electron chi connectivity index (χ0n) is 19.6. The van der Waals surface area contributed by atoms with Crippen LogP contribution in [-0.4, -0.2) is 26.1 Å². The first-order valence-electron chi connectivity index (χ1n) is 12.3. The molecule has 2 fully saturated rings. The molecular formula is C26H40N2Si2. The third kappa shape index (κ3) is 4.50. The largest absolute Gasteiger partial charge is 0.255 e. The lowest BCUT2D eigenvalue weighted by atomic mass is 10.0. The van der Waals surface area contributed by atoms with Crippen LogP contribution < -0.4 is 10.4 Å². The lowest BCUT2D eigenvalue weighted by molar-refractivity contribution is 0.494. The normalized spacial score (nSPS) is 19.7. The molecule has 0 N–H and O–H groups in total. The van der Waals surface area contributed by atoms with E-state index in [0.29, 0.717) is 0 Å². The highest BCUT2D eigenvalue weighted by Gasteiger charge is 2.35. The summed E-state index contributed by atoms with van der Waals surface area (Å²) in [6.07, 6.45) is 18.6. The van der Waals surface area contributed by atoms with Gasteiger partial charge in [-0.15, -0.1) is 0 Å². The van der Waals surface area contributed by atoms with Gasteiger partial charge in [0.05, 0.1) is 27.5 Å². The van der Waals surface area contributed by atoms with Crippen molar-refractivity contribution >= 4 is 26.5 Å². The topological polar surface area (TPSA) is 25.8 Å². The van der Waals surface area contributed by atoms with Crippen molar-refractivity contribution in [1.82, 2.24) is 9.97 Å². The molecule has 0 atom stereocenters. The van der Waals surface area contributed by atoms with E-state index in [1.165, 1.54) is 74.6 Å². The van der Waals surface area contributed by atoms with Gasteiger partial charge in [0.15, 0.2) is 0 Å². The molecule has 2 aliphatic carbocycles. The average molecular weight is 437 g/mol. The maximum atomic E-state index is 4.88. The fourth-order valence-corrected chi connectivity index (χ4v) is 12.4. The van der Waals surface area contributed by atoms with Crippen LogP contribution in [0.15, 0.2) is 36.7 Å². The molecule has 2 nitrogen and oxygen atoms in total. The Balaban J connectivity index is 1.49. The van der Waals surface area contributed by atoms with Crippen molar-refractivity contribution < 1.29 is 0 Å². The fraction of sp³-hybridized carbons (Fsp3) is 0.615. The third-order valence-electron chi connectivity index (χ3n) is 8.53. The molecule has 2 heterocycles. The van der Waals surface area contributed by atoms with E-state index in [4.69, 9.17) is 9.97 Å². The number of pyridine rings is 2. The van der Waals surface area contributed by atoms with Gasteiger partial charge in [-0.2, -0.15) is 0 Å². The summed E-state index contributed by atoms with van der Waals surface area (Å²) in [5, 5.41) is 3.03.